The van der Waals surface area contributed by atoms with Crippen molar-refractivity contribution in [3.63, 3.8) is 0 Å². The Morgan fingerprint density at radius 2 is 1.71 bits per heavy atom. The highest BCUT2D eigenvalue weighted by Crippen LogP contribution is 2.25. The SMILES string of the molecule is CCCC(O)(CCC)CCCC(N)=O. The molecule has 0 fully saturated rings. The fraction of sp³-hybridized carbons (Fsp3) is 0.909. The molecule has 0 aliphatic carbocycles. The van der Waals surface area contributed by atoms with Crippen LogP contribution in [0, 0.1) is 0 Å². The van der Waals surface area contributed by atoms with Gasteiger partial charge in [-0.1, -0.05) is 26.7 Å². The van der Waals surface area contributed by atoms with Crippen LogP contribution < -0.4 is 5.73 Å². The smallest absolute Gasteiger partial charge is 0.217 e. The van der Waals surface area contributed by atoms with Crippen LogP contribution in [0.2, 0.25) is 0 Å². The molecule has 0 saturated carbocycles. The summed E-state index contributed by atoms with van der Waals surface area (Å²) >= 11 is 0. The summed E-state index contributed by atoms with van der Waals surface area (Å²) in [6.45, 7) is 4.13. The van der Waals surface area contributed by atoms with Gasteiger partial charge in [0.2, 0.25) is 5.91 Å². The van der Waals surface area contributed by atoms with Crippen LogP contribution in [0.5, 0.6) is 0 Å². The maximum atomic E-state index is 10.5. The number of carbonyl (C=O) groups excluding carboxylic acids is 1. The first-order valence-electron chi connectivity index (χ1n) is 5.54. The molecule has 0 spiro atoms. The number of hydrogen-bond acceptors (Lipinski definition) is 2. The standard InChI is InChI=1S/C11H23NO2/c1-3-7-11(14,8-4-2)9-5-6-10(12)13/h14H,3-9H2,1-2H3,(H2,12,13). The summed E-state index contributed by atoms with van der Waals surface area (Å²) in [4.78, 5) is 10.5. The van der Waals surface area contributed by atoms with Crippen molar-refractivity contribution in [2.75, 3.05) is 0 Å². The van der Waals surface area contributed by atoms with E-state index in [0.29, 0.717) is 19.3 Å². The van der Waals surface area contributed by atoms with E-state index in [0.717, 1.165) is 25.7 Å². The van der Waals surface area contributed by atoms with Gasteiger partial charge in [0.05, 0.1) is 5.60 Å². The Labute approximate surface area is 86.7 Å². The highest BCUT2D eigenvalue weighted by atomic mass is 16.3. The fourth-order valence-electron chi connectivity index (χ4n) is 1.90. The molecule has 0 bridgehead atoms. The van der Waals surface area contributed by atoms with Gasteiger partial charge >= 0.3 is 0 Å². The zero-order valence-electron chi connectivity index (χ0n) is 9.38. The first-order chi connectivity index (χ1) is 6.54. The van der Waals surface area contributed by atoms with Crippen LogP contribution in [-0.4, -0.2) is 16.6 Å². The first-order valence-corrected chi connectivity index (χ1v) is 5.54. The molecule has 0 aliphatic rings. The molecule has 84 valence electrons. The third kappa shape index (κ3) is 5.97. The minimum Gasteiger partial charge on any atom is -0.390 e. The molecule has 0 aromatic rings. The lowest BCUT2D eigenvalue weighted by Crippen LogP contribution is -2.28. The van der Waals surface area contributed by atoms with E-state index >= 15 is 0 Å². The Balaban J connectivity index is 3.88. The highest BCUT2D eigenvalue weighted by Gasteiger charge is 2.23. The first kappa shape index (κ1) is 13.4. The predicted octanol–water partition coefficient (Wildman–Crippen LogP) is 1.97. The Hall–Kier alpha value is -0.570. The van der Waals surface area contributed by atoms with Crippen LogP contribution in [0.3, 0.4) is 0 Å². The Bertz CT molecular complexity index is 163. The van der Waals surface area contributed by atoms with Gasteiger partial charge in [0.25, 0.3) is 0 Å². The number of amides is 1. The van der Waals surface area contributed by atoms with Crippen molar-refractivity contribution < 1.29 is 9.90 Å². The van der Waals surface area contributed by atoms with Crippen molar-refractivity contribution in [1.82, 2.24) is 0 Å². The molecule has 0 heterocycles. The summed E-state index contributed by atoms with van der Waals surface area (Å²) in [5.74, 6) is -0.277. The van der Waals surface area contributed by atoms with E-state index in [1.54, 1.807) is 0 Å². The van der Waals surface area contributed by atoms with Gasteiger partial charge < -0.3 is 10.8 Å². The van der Waals surface area contributed by atoms with Crippen molar-refractivity contribution >= 4 is 5.91 Å². The van der Waals surface area contributed by atoms with Crippen LogP contribution in [0.4, 0.5) is 0 Å². The van der Waals surface area contributed by atoms with Crippen molar-refractivity contribution in [3.05, 3.63) is 0 Å². The van der Waals surface area contributed by atoms with Gasteiger partial charge in [-0.15, -0.1) is 0 Å². The molecule has 0 rings (SSSR count). The van der Waals surface area contributed by atoms with Gasteiger partial charge in [-0.25, -0.2) is 0 Å². The van der Waals surface area contributed by atoms with Crippen molar-refractivity contribution in [3.8, 4) is 0 Å². The summed E-state index contributed by atoms with van der Waals surface area (Å²) in [5.41, 5.74) is 4.48. The van der Waals surface area contributed by atoms with E-state index in [1.807, 2.05) is 0 Å². The molecule has 1 amide bonds. The van der Waals surface area contributed by atoms with Gasteiger partial charge in [0.15, 0.2) is 0 Å². The lowest BCUT2D eigenvalue weighted by molar-refractivity contribution is -0.118. The molecule has 3 heteroatoms. The van der Waals surface area contributed by atoms with Crippen LogP contribution in [-0.2, 0) is 4.79 Å². The third-order valence-corrected chi connectivity index (χ3v) is 2.50. The number of hydrogen-bond donors (Lipinski definition) is 2. The second-order valence-corrected chi connectivity index (χ2v) is 4.04. The monoisotopic (exact) mass is 201 g/mol. The summed E-state index contributed by atoms with van der Waals surface area (Å²) in [6, 6.07) is 0. The second kappa shape index (κ2) is 6.82. The van der Waals surface area contributed by atoms with Crippen molar-refractivity contribution in [1.29, 1.82) is 0 Å². The maximum Gasteiger partial charge on any atom is 0.217 e. The fourth-order valence-corrected chi connectivity index (χ4v) is 1.90. The molecule has 0 atom stereocenters. The zero-order chi connectivity index (χ0) is 11.0. The quantitative estimate of drug-likeness (QED) is 0.630. The maximum absolute atomic E-state index is 10.5. The van der Waals surface area contributed by atoms with E-state index in [9.17, 15) is 9.90 Å². The molecule has 0 aliphatic heterocycles. The van der Waals surface area contributed by atoms with Crippen LogP contribution in [0.15, 0.2) is 0 Å². The van der Waals surface area contributed by atoms with Gasteiger partial charge in [-0.2, -0.15) is 0 Å². The number of aliphatic hydroxyl groups is 1. The average Bonchev–Trinajstić information content (AvgIpc) is 2.03. The highest BCUT2D eigenvalue weighted by molar-refractivity contribution is 5.73. The molecule has 0 aromatic heterocycles. The van der Waals surface area contributed by atoms with Crippen molar-refractivity contribution in [2.24, 2.45) is 5.73 Å². The number of rotatable bonds is 8. The summed E-state index contributed by atoms with van der Waals surface area (Å²) in [7, 11) is 0. The molecule has 3 nitrogen and oxygen atoms in total. The molecular formula is C11H23NO2. The summed E-state index contributed by atoms with van der Waals surface area (Å²) < 4.78 is 0. The van der Waals surface area contributed by atoms with E-state index in [4.69, 9.17) is 5.73 Å². The summed E-state index contributed by atoms with van der Waals surface area (Å²) in [5, 5.41) is 10.2. The molecule has 14 heavy (non-hydrogen) atoms. The topological polar surface area (TPSA) is 63.3 Å². The second-order valence-electron chi connectivity index (χ2n) is 4.04. The van der Waals surface area contributed by atoms with Crippen LogP contribution in [0.1, 0.15) is 58.8 Å². The molecule has 0 unspecified atom stereocenters. The molecule has 0 saturated heterocycles. The minimum absolute atomic E-state index is 0.277. The molecule has 0 aromatic carbocycles. The lowest BCUT2D eigenvalue weighted by atomic mass is 9.87. The van der Waals surface area contributed by atoms with E-state index in [1.165, 1.54) is 0 Å². The van der Waals surface area contributed by atoms with Crippen LogP contribution in [0.25, 0.3) is 0 Å². The Morgan fingerprint density at radius 3 is 2.07 bits per heavy atom. The van der Waals surface area contributed by atoms with E-state index < -0.39 is 5.60 Å². The predicted molar refractivity (Wildman–Crippen MR) is 57.8 cm³/mol. The number of primary amides is 1. The number of nitrogens with two attached hydrogens (primary N) is 1. The summed E-state index contributed by atoms with van der Waals surface area (Å²) in [6.07, 6.45) is 5.37. The van der Waals surface area contributed by atoms with E-state index in [-0.39, 0.29) is 5.91 Å². The van der Waals surface area contributed by atoms with Gasteiger partial charge in [-0.05, 0) is 25.7 Å². The molecular weight excluding hydrogens is 178 g/mol. The van der Waals surface area contributed by atoms with E-state index in [2.05, 4.69) is 13.8 Å². The van der Waals surface area contributed by atoms with Crippen LogP contribution >= 0.6 is 0 Å². The van der Waals surface area contributed by atoms with Gasteiger partial charge in [0, 0.05) is 6.42 Å². The zero-order valence-corrected chi connectivity index (χ0v) is 9.38. The third-order valence-electron chi connectivity index (χ3n) is 2.50. The normalized spacial score (nSPS) is 11.6. The lowest BCUT2D eigenvalue weighted by Gasteiger charge is -2.27. The molecule has 3 N–H and O–H groups in total. The van der Waals surface area contributed by atoms with Gasteiger partial charge in [0.1, 0.15) is 0 Å². The average molecular weight is 201 g/mol. The largest absolute Gasteiger partial charge is 0.390 e. The van der Waals surface area contributed by atoms with Gasteiger partial charge in [-0.3, -0.25) is 4.79 Å². The Morgan fingerprint density at radius 1 is 1.21 bits per heavy atom. The minimum atomic E-state index is -0.570. The molecule has 0 radical (unpaired) electrons. The van der Waals surface area contributed by atoms with Crippen molar-refractivity contribution in [2.45, 2.75) is 64.4 Å². The Kier molecular flexibility index (Phi) is 6.54. The number of carbonyl (C=O) groups is 1.